The van der Waals surface area contributed by atoms with Gasteiger partial charge in [-0.25, -0.2) is 14.6 Å². The predicted molar refractivity (Wildman–Crippen MR) is 162 cm³/mol. The van der Waals surface area contributed by atoms with Gasteiger partial charge < -0.3 is 18.9 Å². The van der Waals surface area contributed by atoms with Crippen molar-refractivity contribution in [2.45, 2.75) is 13.2 Å². The SMILES string of the molecule is O=C(OCc1ccc(Oc2ccc([N+](=O)[O-])cc2)cc1)c1cccc(C(=O)OCc2ccc(Oc3ccc([N+](=O)[O-])cc3)cc2)n1. The van der Waals surface area contributed by atoms with Crippen LogP contribution in [0, 0.1) is 20.2 Å². The van der Waals surface area contributed by atoms with Crippen LogP contribution in [0.3, 0.4) is 0 Å². The van der Waals surface area contributed by atoms with E-state index in [1.807, 2.05) is 0 Å². The zero-order valence-electron chi connectivity index (χ0n) is 23.8. The molecule has 0 fully saturated rings. The van der Waals surface area contributed by atoms with Gasteiger partial charge in [0.05, 0.1) is 9.85 Å². The Morgan fingerprint density at radius 2 is 0.848 bits per heavy atom. The van der Waals surface area contributed by atoms with Crippen molar-refractivity contribution in [1.82, 2.24) is 4.98 Å². The maximum Gasteiger partial charge on any atom is 0.357 e. The highest BCUT2D eigenvalue weighted by Crippen LogP contribution is 2.26. The number of nitrogens with zero attached hydrogens (tertiary/aromatic N) is 3. The van der Waals surface area contributed by atoms with Gasteiger partial charge in [0, 0.05) is 24.3 Å². The lowest BCUT2D eigenvalue weighted by molar-refractivity contribution is -0.385. The van der Waals surface area contributed by atoms with Crippen LogP contribution in [0.5, 0.6) is 23.0 Å². The van der Waals surface area contributed by atoms with Crippen LogP contribution in [-0.2, 0) is 22.7 Å². The van der Waals surface area contributed by atoms with Crippen LogP contribution in [0.2, 0.25) is 0 Å². The van der Waals surface area contributed by atoms with Gasteiger partial charge in [-0.15, -0.1) is 0 Å². The summed E-state index contributed by atoms with van der Waals surface area (Å²) in [6, 6.07) is 29.1. The summed E-state index contributed by atoms with van der Waals surface area (Å²) in [5.74, 6) is 0.373. The average molecular weight is 622 g/mol. The van der Waals surface area contributed by atoms with Gasteiger partial charge in [0.25, 0.3) is 11.4 Å². The van der Waals surface area contributed by atoms with Gasteiger partial charge in [-0.1, -0.05) is 30.3 Å². The largest absolute Gasteiger partial charge is 0.457 e. The van der Waals surface area contributed by atoms with E-state index in [1.54, 1.807) is 48.5 Å². The monoisotopic (exact) mass is 621 g/mol. The Hall–Kier alpha value is -6.63. The summed E-state index contributed by atoms with van der Waals surface area (Å²) in [6.45, 7) is -0.117. The topological polar surface area (TPSA) is 170 Å². The van der Waals surface area contributed by atoms with Gasteiger partial charge in [-0.3, -0.25) is 20.2 Å². The number of hydrogen-bond donors (Lipinski definition) is 0. The molecule has 0 saturated heterocycles. The molecule has 0 spiro atoms. The van der Waals surface area contributed by atoms with Gasteiger partial charge >= 0.3 is 11.9 Å². The first-order chi connectivity index (χ1) is 22.2. The quantitative estimate of drug-likeness (QED) is 0.0784. The number of pyridine rings is 1. The van der Waals surface area contributed by atoms with E-state index in [1.165, 1.54) is 66.7 Å². The molecule has 5 aromatic rings. The molecule has 0 radical (unpaired) electrons. The van der Waals surface area contributed by atoms with Gasteiger partial charge in [-0.05, 0) is 71.8 Å². The zero-order chi connectivity index (χ0) is 32.5. The van der Waals surface area contributed by atoms with Gasteiger partial charge in [0.2, 0.25) is 0 Å². The Labute approximate surface area is 260 Å². The Balaban J connectivity index is 1.09. The molecule has 13 nitrogen and oxygen atoms in total. The third-order valence-electron chi connectivity index (χ3n) is 6.32. The van der Waals surface area contributed by atoms with E-state index in [0.717, 1.165) is 0 Å². The summed E-state index contributed by atoms with van der Waals surface area (Å²) >= 11 is 0. The van der Waals surface area contributed by atoms with Crippen LogP contribution in [0.25, 0.3) is 0 Å². The molecule has 0 unspecified atom stereocenters. The summed E-state index contributed by atoms with van der Waals surface area (Å²) in [7, 11) is 0. The minimum Gasteiger partial charge on any atom is -0.457 e. The normalized spacial score (nSPS) is 10.4. The van der Waals surface area contributed by atoms with Gasteiger partial charge in [0.15, 0.2) is 0 Å². The van der Waals surface area contributed by atoms with Crippen LogP contribution in [0.15, 0.2) is 115 Å². The fraction of sp³-hybridized carbons (Fsp3) is 0.0606. The smallest absolute Gasteiger partial charge is 0.357 e. The summed E-state index contributed by atoms with van der Waals surface area (Å²) in [5, 5.41) is 21.6. The zero-order valence-corrected chi connectivity index (χ0v) is 23.8. The van der Waals surface area contributed by atoms with E-state index in [4.69, 9.17) is 18.9 Å². The van der Waals surface area contributed by atoms with Crippen molar-refractivity contribution in [3.63, 3.8) is 0 Å². The minimum absolute atomic E-state index is 0.0424. The summed E-state index contributed by atoms with van der Waals surface area (Å²) in [4.78, 5) is 49.9. The predicted octanol–water partition coefficient (Wildman–Crippen LogP) is 7.20. The van der Waals surface area contributed by atoms with Crippen molar-refractivity contribution in [3.05, 3.63) is 158 Å². The Morgan fingerprint density at radius 1 is 0.522 bits per heavy atom. The van der Waals surface area contributed by atoms with Crippen LogP contribution in [0.1, 0.15) is 32.1 Å². The van der Waals surface area contributed by atoms with Crippen molar-refractivity contribution >= 4 is 23.3 Å². The molecule has 0 atom stereocenters. The summed E-state index contributed by atoms with van der Waals surface area (Å²) in [6.07, 6.45) is 0. The van der Waals surface area contributed by atoms with Crippen LogP contribution < -0.4 is 9.47 Å². The molecule has 46 heavy (non-hydrogen) atoms. The fourth-order valence-electron chi connectivity index (χ4n) is 3.96. The third kappa shape index (κ3) is 8.26. The highest BCUT2D eigenvalue weighted by atomic mass is 16.6. The molecule has 0 aliphatic rings. The van der Waals surface area contributed by atoms with Crippen molar-refractivity contribution in [3.8, 4) is 23.0 Å². The number of esters is 2. The van der Waals surface area contributed by atoms with Crippen molar-refractivity contribution in [1.29, 1.82) is 0 Å². The number of hydrogen-bond acceptors (Lipinski definition) is 11. The second kappa shape index (κ2) is 14.2. The molecular weight excluding hydrogens is 598 g/mol. The van der Waals surface area contributed by atoms with E-state index >= 15 is 0 Å². The second-order valence-corrected chi connectivity index (χ2v) is 9.55. The van der Waals surface area contributed by atoms with Crippen LogP contribution in [-0.4, -0.2) is 26.8 Å². The van der Waals surface area contributed by atoms with Crippen LogP contribution >= 0.6 is 0 Å². The van der Waals surface area contributed by atoms with Crippen molar-refractivity contribution in [2.24, 2.45) is 0 Å². The highest BCUT2D eigenvalue weighted by Gasteiger charge is 2.15. The van der Waals surface area contributed by atoms with Gasteiger partial charge in [0.1, 0.15) is 47.6 Å². The lowest BCUT2D eigenvalue weighted by atomic mass is 10.2. The standard InChI is InChI=1S/C33H23N3O10/c37-32(43-20-22-4-12-26(13-5-22)45-28-16-8-24(9-17-28)35(39)40)30-2-1-3-31(34-30)33(38)44-21-23-6-14-27(15-7-23)46-29-18-10-25(11-19-29)36(41)42/h1-19H,20-21H2. The van der Waals surface area contributed by atoms with Crippen LogP contribution in [0.4, 0.5) is 11.4 Å². The number of non-ortho nitro benzene ring substituents is 2. The molecule has 0 aliphatic heterocycles. The van der Waals surface area contributed by atoms with E-state index < -0.39 is 21.8 Å². The number of nitro benzene ring substituents is 2. The molecule has 0 amide bonds. The molecule has 0 bridgehead atoms. The Bertz CT molecular complexity index is 1720. The summed E-state index contributed by atoms with van der Waals surface area (Å²) in [5.41, 5.74) is 1.12. The molecule has 4 aromatic carbocycles. The molecule has 1 aromatic heterocycles. The number of carbonyl (C=O) groups excluding carboxylic acids is 2. The molecule has 5 rings (SSSR count). The number of ether oxygens (including phenoxy) is 4. The van der Waals surface area contributed by atoms with E-state index in [2.05, 4.69) is 4.98 Å². The number of aromatic nitrogens is 1. The first kappa shape index (κ1) is 30.8. The fourth-order valence-corrected chi connectivity index (χ4v) is 3.96. The minimum atomic E-state index is -0.732. The number of benzene rings is 4. The highest BCUT2D eigenvalue weighted by molar-refractivity contribution is 5.91. The maximum atomic E-state index is 12.6. The Kier molecular flexibility index (Phi) is 9.53. The summed E-state index contributed by atoms with van der Waals surface area (Å²) < 4.78 is 22.0. The van der Waals surface area contributed by atoms with E-state index in [-0.39, 0.29) is 36.0 Å². The molecule has 13 heteroatoms. The van der Waals surface area contributed by atoms with Crippen molar-refractivity contribution in [2.75, 3.05) is 0 Å². The number of carbonyl (C=O) groups is 2. The lowest BCUT2D eigenvalue weighted by Gasteiger charge is -2.09. The number of rotatable bonds is 12. The lowest BCUT2D eigenvalue weighted by Crippen LogP contribution is -2.12. The van der Waals surface area contributed by atoms with E-state index in [9.17, 15) is 29.8 Å². The first-order valence-electron chi connectivity index (χ1n) is 13.6. The molecule has 0 saturated carbocycles. The Morgan fingerprint density at radius 3 is 1.17 bits per heavy atom. The maximum absolute atomic E-state index is 12.6. The van der Waals surface area contributed by atoms with Gasteiger partial charge in [-0.2, -0.15) is 0 Å². The molecule has 0 aliphatic carbocycles. The van der Waals surface area contributed by atoms with Crippen molar-refractivity contribution < 1.29 is 38.4 Å². The van der Waals surface area contributed by atoms with E-state index in [0.29, 0.717) is 34.1 Å². The molecule has 230 valence electrons. The molecular formula is C33H23N3O10. The molecule has 0 N–H and O–H groups in total. The number of nitro groups is 2. The molecule has 1 heterocycles. The first-order valence-corrected chi connectivity index (χ1v) is 13.6. The third-order valence-corrected chi connectivity index (χ3v) is 6.32. The second-order valence-electron chi connectivity index (χ2n) is 9.55. The average Bonchev–Trinajstić information content (AvgIpc) is 3.08.